The van der Waals surface area contributed by atoms with Gasteiger partial charge in [0.2, 0.25) is 0 Å². The first kappa shape index (κ1) is 15.5. The Kier molecular flexibility index (Phi) is 5.11. The molecule has 0 unspecified atom stereocenters. The van der Waals surface area contributed by atoms with Gasteiger partial charge >= 0.3 is 5.97 Å². The van der Waals surface area contributed by atoms with E-state index in [1.807, 2.05) is 0 Å². The highest BCUT2D eigenvalue weighted by Gasteiger charge is 2.07. The Morgan fingerprint density at radius 1 is 1.05 bits per heavy atom. The third-order valence-electron chi connectivity index (χ3n) is 3.15. The summed E-state index contributed by atoms with van der Waals surface area (Å²) in [7, 11) is 0. The molecule has 0 saturated carbocycles. The van der Waals surface area contributed by atoms with Crippen molar-refractivity contribution >= 4 is 17.6 Å². The average Bonchev–Trinajstić information content (AvgIpc) is 2.52. The lowest BCUT2D eigenvalue weighted by Crippen LogP contribution is -2.38. The molecule has 2 rings (SSSR count). The topological polar surface area (TPSA) is 104 Å². The lowest BCUT2D eigenvalue weighted by Gasteiger charge is -2.09. The van der Waals surface area contributed by atoms with Gasteiger partial charge in [0.05, 0.1) is 11.1 Å². The number of hydrogen-bond donors (Lipinski definition) is 4. The van der Waals surface area contributed by atoms with Crippen LogP contribution in [0.5, 0.6) is 0 Å². The number of para-hydroxylation sites is 1. The molecule has 0 saturated heterocycles. The predicted molar refractivity (Wildman–Crippen MR) is 83.4 cm³/mol. The number of hydrazine groups is 1. The van der Waals surface area contributed by atoms with Crippen molar-refractivity contribution in [2.24, 2.45) is 0 Å². The van der Waals surface area contributed by atoms with Crippen LogP contribution in [0.15, 0.2) is 48.5 Å². The Balaban J connectivity index is 1.78. The predicted octanol–water partition coefficient (Wildman–Crippen LogP) is 1.44. The molecule has 0 aliphatic rings. The Bertz CT molecular complexity index is 669. The summed E-state index contributed by atoms with van der Waals surface area (Å²) in [4.78, 5) is 22.6. The van der Waals surface area contributed by atoms with E-state index >= 15 is 0 Å². The summed E-state index contributed by atoms with van der Waals surface area (Å²) in [6.07, 6.45) is 0.657. The number of carbonyl (C=O) groups excluding carboxylic acids is 1. The Morgan fingerprint density at radius 3 is 2.36 bits per heavy atom. The number of hydrogen-bond acceptors (Lipinski definition) is 4. The molecule has 0 heterocycles. The molecule has 5 N–H and O–H groups in total. The molecule has 0 fully saturated rings. The molecule has 114 valence electrons. The Hall–Kier alpha value is -2.86. The first-order valence-electron chi connectivity index (χ1n) is 6.78. The Morgan fingerprint density at radius 2 is 1.73 bits per heavy atom. The molecule has 0 spiro atoms. The molecule has 0 aliphatic carbocycles. The number of carboxylic acid groups (broad SMARTS) is 1. The fourth-order valence-electron chi connectivity index (χ4n) is 1.93. The van der Waals surface area contributed by atoms with E-state index in [-0.39, 0.29) is 11.5 Å². The van der Waals surface area contributed by atoms with Gasteiger partial charge < -0.3 is 10.8 Å². The number of rotatable bonds is 6. The molecule has 6 heteroatoms. The molecular formula is C16H17N3O3. The van der Waals surface area contributed by atoms with Gasteiger partial charge in [-0.05, 0) is 36.2 Å². The molecular weight excluding hydrogens is 282 g/mol. The van der Waals surface area contributed by atoms with Crippen molar-refractivity contribution in [1.29, 1.82) is 0 Å². The maximum absolute atomic E-state index is 11.9. The van der Waals surface area contributed by atoms with Crippen LogP contribution < -0.4 is 16.6 Å². The monoisotopic (exact) mass is 299 g/mol. The van der Waals surface area contributed by atoms with Crippen LogP contribution in [0.25, 0.3) is 0 Å². The first-order chi connectivity index (χ1) is 10.6. The average molecular weight is 299 g/mol. The summed E-state index contributed by atoms with van der Waals surface area (Å²) >= 11 is 0. The van der Waals surface area contributed by atoms with Crippen molar-refractivity contribution in [3.05, 3.63) is 65.2 Å². The van der Waals surface area contributed by atoms with E-state index in [4.69, 9.17) is 10.8 Å². The van der Waals surface area contributed by atoms with Gasteiger partial charge in [0, 0.05) is 12.2 Å². The minimum absolute atomic E-state index is 0.254. The second-order valence-corrected chi connectivity index (χ2v) is 4.72. The zero-order valence-corrected chi connectivity index (χ0v) is 11.9. The second-order valence-electron chi connectivity index (χ2n) is 4.72. The van der Waals surface area contributed by atoms with Crippen molar-refractivity contribution in [2.45, 2.75) is 6.42 Å². The summed E-state index contributed by atoms with van der Waals surface area (Å²) in [5.41, 5.74) is 13.2. The highest BCUT2D eigenvalue weighted by Crippen LogP contribution is 2.09. The second kappa shape index (κ2) is 7.24. The highest BCUT2D eigenvalue weighted by atomic mass is 16.4. The molecule has 2 aromatic rings. The zero-order chi connectivity index (χ0) is 15.9. The van der Waals surface area contributed by atoms with Crippen LogP contribution in [0.2, 0.25) is 0 Å². The van der Waals surface area contributed by atoms with E-state index in [2.05, 4.69) is 10.9 Å². The fourth-order valence-corrected chi connectivity index (χ4v) is 1.93. The standard InChI is InChI=1S/C16H17N3O3/c17-14-4-2-1-3-13(14)15(20)19-18-10-9-11-5-7-12(8-6-11)16(21)22/h1-8,18H,9-10,17H2,(H,19,20)(H,21,22). The van der Waals surface area contributed by atoms with Gasteiger partial charge in [-0.25, -0.2) is 10.2 Å². The first-order valence-corrected chi connectivity index (χ1v) is 6.78. The van der Waals surface area contributed by atoms with Gasteiger partial charge in [-0.3, -0.25) is 10.2 Å². The number of carbonyl (C=O) groups is 2. The van der Waals surface area contributed by atoms with Gasteiger partial charge in [0.1, 0.15) is 0 Å². The molecule has 1 amide bonds. The zero-order valence-electron chi connectivity index (χ0n) is 11.9. The summed E-state index contributed by atoms with van der Waals surface area (Å²) in [5.74, 6) is -1.24. The van der Waals surface area contributed by atoms with Crippen molar-refractivity contribution in [1.82, 2.24) is 10.9 Å². The number of nitrogen functional groups attached to an aromatic ring is 1. The molecule has 0 aliphatic heterocycles. The van der Waals surface area contributed by atoms with Crippen molar-refractivity contribution in [3.63, 3.8) is 0 Å². The van der Waals surface area contributed by atoms with Crippen molar-refractivity contribution in [3.8, 4) is 0 Å². The quantitative estimate of drug-likeness (QED) is 0.367. The molecule has 6 nitrogen and oxygen atoms in total. The molecule has 0 bridgehead atoms. The number of amides is 1. The molecule has 22 heavy (non-hydrogen) atoms. The van der Waals surface area contributed by atoms with Crippen molar-refractivity contribution < 1.29 is 14.7 Å². The summed E-state index contributed by atoms with van der Waals surface area (Å²) in [5, 5.41) is 8.81. The summed E-state index contributed by atoms with van der Waals surface area (Å²) in [6, 6.07) is 13.4. The number of aromatic carboxylic acids is 1. The number of carboxylic acids is 1. The van der Waals surface area contributed by atoms with Gasteiger partial charge in [0.25, 0.3) is 5.91 Å². The van der Waals surface area contributed by atoms with Crippen LogP contribution in [0.1, 0.15) is 26.3 Å². The smallest absolute Gasteiger partial charge is 0.335 e. The number of anilines is 1. The van der Waals surface area contributed by atoms with Gasteiger partial charge in [-0.1, -0.05) is 24.3 Å². The number of benzene rings is 2. The summed E-state index contributed by atoms with van der Waals surface area (Å²) < 4.78 is 0. The van der Waals surface area contributed by atoms with E-state index in [9.17, 15) is 9.59 Å². The number of nitrogens with two attached hydrogens (primary N) is 1. The van der Waals surface area contributed by atoms with Gasteiger partial charge in [-0.15, -0.1) is 0 Å². The van der Waals surface area contributed by atoms with Crippen LogP contribution in [0.4, 0.5) is 5.69 Å². The van der Waals surface area contributed by atoms with Crippen LogP contribution in [-0.2, 0) is 6.42 Å². The highest BCUT2D eigenvalue weighted by molar-refractivity contribution is 5.98. The van der Waals surface area contributed by atoms with E-state index in [0.29, 0.717) is 24.2 Å². The van der Waals surface area contributed by atoms with Crippen molar-refractivity contribution in [2.75, 3.05) is 12.3 Å². The van der Waals surface area contributed by atoms with Crippen LogP contribution in [-0.4, -0.2) is 23.5 Å². The third kappa shape index (κ3) is 4.07. The lowest BCUT2D eigenvalue weighted by molar-refractivity contribution is 0.0696. The largest absolute Gasteiger partial charge is 0.478 e. The lowest BCUT2D eigenvalue weighted by atomic mass is 10.1. The van der Waals surface area contributed by atoms with Crippen LogP contribution in [0.3, 0.4) is 0 Å². The van der Waals surface area contributed by atoms with E-state index in [0.717, 1.165) is 5.56 Å². The van der Waals surface area contributed by atoms with E-state index in [1.54, 1.807) is 48.5 Å². The fraction of sp³-hybridized carbons (Fsp3) is 0.125. The minimum atomic E-state index is -0.947. The minimum Gasteiger partial charge on any atom is -0.478 e. The maximum atomic E-state index is 11.9. The SMILES string of the molecule is Nc1ccccc1C(=O)NNCCc1ccc(C(=O)O)cc1. The van der Waals surface area contributed by atoms with E-state index < -0.39 is 5.97 Å². The van der Waals surface area contributed by atoms with E-state index in [1.165, 1.54) is 0 Å². The van der Waals surface area contributed by atoms with Gasteiger partial charge in [-0.2, -0.15) is 0 Å². The third-order valence-corrected chi connectivity index (χ3v) is 3.15. The number of nitrogens with one attached hydrogen (secondary N) is 2. The molecule has 2 aromatic carbocycles. The molecule has 0 atom stereocenters. The van der Waals surface area contributed by atoms with Gasteiger partial charge in [0.15, 0.2) is 0 Å². The molecule has 0 radical (unpaired) electrons. The van der Waals surface area contributed by atoms with Crippen LogP contribution >= 0.6 is 0 Å². The summed E-state index contributed by atoms with van der Waals surface area (Å²) in [6.45, 7) is 0.519. The maximum Gasteiger partial charge on any atom is 0.335 e. The molecule has 0 aromatic heterocycles. The Labute approximate surface area is 127 Å². The van der Waals surface area contributed by atoms with Crippen LogP contribution in [0, 0.1) is 0 Å². The normalized spacial score (nSPS) is 10.2.